The van der Waals surface area contributed by atoms with Gasteiger partial charge in [0.25, 0.3) is 11.5 Å². The first-order valence-corrected chi connectivity index (χ1v) is 9.93. The van der Waals surface area contributed by atoms with Gasteiger partial charge in [-0.3, -0.25) is 14.6 Å². The molecular weight excluding hydrogens is 399 g/mol. The monoisotopic (exact) mass is 418 g/mol. The molecule has 4 aromatic rings. The van der Waals surface area contributed by atoms with Crippen LogP contribution in [0.4, 0.5) is 10.3 Å². The highest BCUT2D eigenvalue weighted by Crippen LogP contribution is 2.18. The van der Waals surface area contributed by atoms with Crippen molar-refractivity contribution in [2.24, 2.45) is 0 Å². The molecule has 31 heavy (non-hydrogen) atoms. The maximum Gasteiger partial charge on any atom is 0.263 e. The molecule has 3 heterocycles. The molecule has 2 aromatic carbocycles. The number of piperazine rings is 1. The standard InChI is InChI=1S/C22H19FN6O2/c23-16-8-6-15(7-9-16)21(31)27-10-12-28(13-11-27)22-25-19-18(20(30)26-22)14-24-29(19)17-4-2-1-3-5-17/h1-9,14H,10-13H2,(H,25,26,30). The second-order valence-corrected chi connectivity index (χ2v) is 7.30. The van der Waals surface area contributed by atoms with Crippen molar-refractivity contribution in [1.82, 2.24) is 24.6 Å². The van der Waals surface area contributed by atoms with Crippen LogP contribution >= 0.6 is 0 Å². The van der Waals surface area contributed by atoms with E-state index in [1.54, 1.807) is 9.58 Å². The van der Waals surface area contributed by atoms with Crippen molar-refractivity contribution >= 4 is 22.9 Å². The summed E-state index contributed by atoms with van der Waals surface area (Å²) < 4.78 is 14.8. The molecule has 1 aliphatic rings. The Hall–Kier alpha value is -4.01. The predicted octanol–water partition coefficient (Wildman–Crippen LogP) is 2.21. The molecule has 1 aliphatic heterocycles. The second kappa shape index (κ2) is 7.67. The lowest BCUT2D eigenvalue weighted by Gasteiger charge is -2.35. The van der Waals surface area contributed by atoms with Crippen molar-refractivity contribution in [3.05, 3.63) is 82.5 Å². The number of carbonyl (C=O) groups excluding carboxylic acids is 1. The number of H-pyrrole nitrogens is 1. The van der Waals surface area contributed by atoms with Crippen molar-refractivity contribution in [3.8, 4) is 5.69 Å². The fourth-order valence-corrected chi connectivity index (χ4v) is 3.71. The zero-order valence-electron chi connectivity index (χ0n) is 16.5. The van der Waals surface area contributed by atoms with Crippen LogP contribution in [-0.2, 0) is 0 Å². The molecule has 9 heteroatoms. The van der Waals surface area contributed by atoms with E-state index in [9.17, 15) is 14.0 Å². The summed E-state index contributed by atoms with van der Waals surface area (Å²) in [5, 5.41) is 4.74. The number of rotatable bonds is 3. The molecule has 0 bridgehead atoms. The average Bonchev–Trinajstić information content (AvgIpc) is 3.24. The molecule has 0 radical (unpaired) electrons. The number of nitrogens with one attached hydrogen (secondary N) is 1. The van der Waals surface area contributed by atoms with Crippen molar-refractivity contribution in [3.63, 3.8) is 0 Å². The Bertz CT molecular complexity index is 1290. The summed E-state index contributed by atoms with van der Waals surface area (Å²) in [5.74, 6) is -0.0655. The predicted molar refractivity (Wildman–Crippen MR) is 114 cm³/mol. The van der Waals surface area contributed by atoms with Crippen molar-refractivity contribution in [1.29, 1.82) is 0 Å². The number of aromatic nitrogens is 4. The van der Waals surface area contributed by atoms with Crippen LogP contribution < -0.4 is 10.5 Å². The van der Waals surface area contributed by atoms with Crippen LogP contribution in [0.15, 0.2) is 65.6 Å². The number of anilines is 1. The molecule has 8 nitrogen and oxygen atoms in total. The Balaban J connectivity index is 1.38. The first-order chi connectivity index (χ1) is 15.1. The third-order valence-corrected chi connectivity index (χ3v) is 5.38. The number of carbonyl (C=O) groups is 1. The van der Waals surface area contributed by atoms with E-state index in [0.717, 1.165) is 5.69 Å². The lowest BCUT2D eigenvalue weighted by molar-refractivity contribution is 0.0746. The maximum atomic E-state index is 13.1. The molecule has 0 aliphatic carbocycles. The number of hydrogen-bond donors (Lipinski definition) is 1. The molecular formula is C22H19FN6O2. The highest BCUT2D eigenvalue weighted by Gasteiger charge is 2.24. The zero-order valence-corrected chi connectivity index (χ0v) is 16.5. The van der Waals surface area contributed by atoms with Crippen LogP contribution in [0.3, 0.4) is 0 Å². The van der Waals surface area contributed by atoms with Gasteiger partial charge in [0.05, 0.1) is 11.9 Å². The molecule has 2 aromatic heterocycles. The molecule has 5 rings (SSSR count). The summed E-state index contributed by atoms with van der Waals surface area (Å²) in [7, 11) is 0. The van der Waals surface area contributed by atoms with Crippen LogP contribution in [0.5, 0.6) is 0 Å². The van der Waals surface area contributed by atoms with Gasteiger partial charge in [-0.05, 0) is 36.4 Å². The van der Waals surface area contributed by atoms with E-state index in [4.69, 9.17) is 0 Å². The minimum atomic E-state index is -0.374. The summed E-state index contributed by atoms with van der Waals surface area (Å²) in [6, 6.07) is 15.0. The van der Waals surface area contributed by atoms with Gasteiger partial charge >= 0.3 is 0 Å². The summed E-state index contributed by atoms with van der Waals surface area (Å²) in [6.07, 6.45) is 1.51. The Morgan fingerprint density at radius 1 is 0.968 bits per heavy atom. The molecule has 1 amide bonds. The van der Waals surface area contributed by atoms with Gasteiger partial charge in [-0.2, -0.15) is 10.1 Å². The number of benzene rings is 2. The van der Waals surface area contributed by atoms with E-state index in [-0.39, 0.29) is 17.3 Å². The number of fused-ring (bicyclic) bond motifs is 1. The van der Waals surface area contributed by atoms with Crippen LogP contribution in [0.1, 0.15) is 10.4 Å². The summed E-state index contributed by atoms with van der Waals surface area (Å²) in [6.45, 7) is 1.97. The Labute approximate surface area is 176 Å². The molecule has 1 fully saturated rings. The second-order valence-electron chi connectivity index (χ2n) is 7.30. The van der Waals surface area contributed by atoms with Gasteiger partial charge in [-0.15, -0.1) is 0 Å². The van der Waals surface area contributed by atoms with E-state index in [1.807, 2.05) is 35.2 Å². The molecule has 0 saturated carbocycles. The maximum absolute atomic E-state index is 13.1. The summed E-state index contributed by atoms with van der Waals surface area (Å²) in [4.78, 5) is 36.4. The van der Waals surface area contributed by atoms with Crippen molar-refractivity contribution < 1.29 is 9.18 Å². The van der Waals surface area contributed by atoms with Gasteiger partial charge < -0.3 is 9.80 Å². The zero-order chi connectivity index (χ0) is 21.4. The van der Waals surface area contributed by atoms with E-state index >= 15 is 0 Å². The van der Waals surface area contributed by atoms with Gasteiger partial charge in [-0.25, -0.2) is 9.07 Å². The van der Waals surface area contributed by atoms with Crippen molar-refractivity contribution in [2.75, 3.05) is 31.1 Å². The average molecular weight is 418 g/mol. The Morgan fingerprint density at radius 3 is 2.39 bits per heavy atom. The fraction of sp³-hybridized carbons (Fsp3) is 0.182. The quantitative estimate of drug-likeness (QED) is 0.551. The SMILES string of the molecule is O=C(c1ccc(F)cc1)N1CCN(c2nc3c(cnn3-c3ccccc3)c(=O)[nH]2)CC1. The minimum Gasteiger partial charge on any atom is -0.339 e. The smallest absolute Gasteiger partial charge is 0.263 e. The number of hydrogen-bond acceptors (Lipinski definition) is 5. The first kappa shape index (κ1) is 19.0. The van der Waals surface area contributed by atoms with Crippen molar-refractivity contribution in [2.45, 2.75) is 0 Å². The van der Waals surface area contributed by atoms with Crippen LogP contribution in [-0.4, -0.2) is 56.7 Å². The van der Waals surface area contributed by atoms with Gasteiger partial charge in [-0.1, -0.05) is 18.2 Å². The largest absolute Gasteiger partial charge is 0.339 e. The summed E-state index contributed by atoms with van der Waals surface area (Å²) >= 11 is 0. The molecule has 0 unspecified atom stereocenters. The normalized spacial score (nSPS) is 14.2. The molecule has 1 saturated heterocycles. The lowest BCUT2D eigenvalue weighted by atomic mass is 10.2. The molecule has 0 atom stereocenters. The number of para-hydroxylation sites is 1. The van der Waals surface area contributed by atoms with Crippen LogP contribution in [0.2, 0.25) is 0 Å². The lowest BCUT2D eigenvalue weighted by Crippen LogP contribution is -2.49. The molecule has 0 spiro atoms. The van der Waals surface area contributed by atoms with E-state index in [2.05, 4.69) is 15.1 Å². The number of aromatic amines is 1. The molecule has 1 N–H and O–H groups in total. The third-order valence-electron chi connectivity index (χ3n) is 5.38. The van der Waals surface area contributed by atoms with E-state index in [1.165, 1.54) is 30.5 Å². The highest BCUT2D eigenvalue weighted by molar-refractivity contribution is 5.94. The first-order valence-electron chi connectivity index (χ1n) is 9.93. The van der Waals surface area contributed by atoms with E-state index in [0.29, 0.717) is 48.7 Å². The highest BCUT2D eigenvalue weighted by atomic mass is 19.1. The van der Waals surface area contributed by atoms with Gasteiger partial charge in [0.1, 0.15) is 11.2 Å². The van der Waals surface area contributed by atoms with Gasteiger partial charge in [0.15, 0.2) is 5.65 Å². The minimum absolute atomic E-state index is 0.140. The number of halogens is 1. The van der Waals surface area contributed by atoms with Crippen LogP contribution in [0.25, 0.3) is 16.7 Å². The van der Waals surface area contributed by atoms with Crippen LogP contribution in [0, 0.1) is 5.82 Å². The topological polar surface area (TPSA) is 87.1 Å². The van der Waals surface area contributed by atoms with E-state index < -0.39 is 0 Å². The Kier molecular flexibility index (Phi) is 4.70. The third kappa shape index (κ3) is 3.54. The molecule has 156 valence electrons. The fourth-order valence-electron chi connectivity index (χ4n) is 3.71. The number of amides is 1. The number of nitrogens with zero attached hydrogens (tertiary/aromatic N) is 5. The summed E-state index contributed by atoms with van der Waals surface area (Å²) in [5.41, 5.74) is 1.49. The van der Waals surface area contributed by atoms with Gasteiger partial charge in [0.2, 0.25) is 5.95 Å². The van der Waals surface area contributed by atoms with Gasteiger partial charge in [0, 0.05) is 31.7 Å². The Morgan fingerprint density at radius 2 is 1.68 bits per heavy atom.